The maximum Gasteiger partial charge on any atom is 0.254 e. The quantitative estimate of drug-likeness (QED) is 0.476. The second kappa shape index (κ2) is 9.03. The third kappa shape index (κ3) is 4.21. The van der Waals surface area contributed by atoms with Crippen LogP contribution in [0, 0.1) is 12.7 Å². The van der Waals surface area contributed by atoms with Gasteiger partial charge in [0.1, 0.15) is 5.82 Å². The van der Waals surface area contributed by atoms with Crippen LogP contribution >= 0.6 is 11.3 Å². The fourth-order valence-electron chi connectivity index (χ4n) is 4.92. The standard InChI is InChI=1S/C28H25FN2O2S/c1-16-8-10-18(11-9-16)26-25(28(33)31-21-6-3-5-20(29)15-21)17(2)30-22-13-19(14-23(32)27(22)26)24-7-4-12-34-24/h3-12,15,19,26,30H,13-14H2,1-2H3,(H,31,33)/t19-,26-/m0/s1. The van der Waals surface area contributed by atoms with Crippen LogP contribution in [0.1, 0.15) is 47.6 Å². The van der Waals surface area contributed by atoms with E-state index in [1.54, 1.807) is 23.5 Å². The Balaban J connectivity index is 1.56. The van der Waals surface area contributed by atoms with E-state index in [1.165, 1.54) is 17.0 Å². The predicted molar refractivity (Wildman–Crippen MR) is 133 cm³/mol. The van der Waals surface area contributed by atoms with Gasteiger partial charge in [-0.15, -0.1) is 11.3 Å². The van der Waals surface area contributed by atoms with Gasteiger partial charge in [-0.2, -0.15) is 0 Å². The number of anilines is 1. The lowest BCUT2D eigenvalue weighted by molar-refractivity contribution is -0.116. The van der Waals surface area contributed by atoms with E-state index in [1.807, 2.05) is 49.6 Å². The first-order valence-electron chi connectivity index (χ1n) is 11.3. The molecule has 2 aromatic carbocycles. The van der Waals surface area contributed by atoms with Crippen molar-refractivity contribution in [2.45, 2.75) is 38.5 Å². The van der Waals surface area contributed by atoms with Crippen LogP contribution in [-0.4, -0.2) is 11.7 Å². The number of Topliss-reactive ketones (excluding diaryl/α,β-unsaturated/α-hetero) is 1. The maximum atomic E-state index is 13.7. The van der Waals surface area contributed by atoms with Crippen molar-refractivity contribution in [2.24, 2.45) is 0 Å². The van der Waals surface area contributed by atoms with Gasteiger partial charge in [0.2, 0.25) is 0 Å². The van der Waals surface area contributed by atoms with E-state index in [-0.39, 0.29) is 17.6 Å². The number of nitrogens with one attached hydrogen (secondary N) is 2. The van der Waals surface area contributed by atoms with Crippen molar-refractivity contribution < 1.29 is 14.0 Å². The monoisotopic (exact) mass is 472 g/mol. The summed E-state index contributed by atoms with van der Waals surface area (Å²) < 4.78 is 13.7. The highest BCUT2D eigenvalue weighted by Crippen LogP contribution is 2.46. The van der Waals surface area contributed by atoms with Gasteiger partial charge in [-0.1, -0.05) is 42.0 Å². The van der Waals surface area contributed by atoms with Gasteiger partial charge in [-0.25, -0.2) is 4.39 Å². The van der Waals surface area contributed by atoms with Crippen molar-refractivity contribution in [1.29, 1.82) is 0 Å². The molecule has 2 aliphatic rings. The molecule has 0 saturated carbocycles. The number of ketones is 1. The van der Waals surface area contributed by atoms with Gasteiger partial charge in [-0.05, 0) is 55.5 Å². The molecule has 6 heteroatoms. The minimum Gasteiger partial charge on any atom is -0.362 e. The molecule has 172 valence electrons. The van der Waals surface area contributed by atoms with Gasteiger partial charge in [0.15, 0.2) is 5.78 Å². The lowest BCUT2D eigenvalue weighted by atomic mass is 9.72. The van der Waals surface area contributed by atoms with E-state index in [4.69, 9.17) is 0 Å². The summed E-state index contributed by atoms with van der Waals surface area (Å²) in [4.78, 5) is 28.3. The second-order valence-electron chi connectivity index (χ2n) is 8.91. The number of carbonyl (C=O) groups is 2. The lowest BCUT2D eigenvalue weighted by Crippen LogP contribution is -2.37. The molecule has 1 aliphatic carbocycles. The van der Waals surface area contributed by atoms with Crippen molar-refractivity contribution in [3.05, 3.63) is 110 Å². The number of benzene rings is 2. The summed E-state index contributed by atoms with van der Waals surface area (Å²) in [6.45, 7) is 3.87. The zero-order valence-electron chi connectivity index (χ0n) is 19.0. The molecule has 4 nitrogen and oxygen atoms in total. The number of hydrogen-bond donors (Lipinski definition) is 2. The second-order valence-corrected chi connectivity index (χ2v) is 9.89. The normalized spacial score (nSPS) is 20.1. The number of dihydropyridines is 1. The molecule has 0 fully saturated rings. The summed E-state index contributed by atoms with van der Waals surface area (Å²) in [7, 11) is 0. The van der Waals surface area contributed by atoms with Gasteiger partial charge in [-0.3, -0.25) is 9.59 Å². The van der Waals surface area contributed by atoms with Crippen LogP contribution in [0.5, 0.6) is 0 Å². The molecule has 0 saturated heterocycles. The van der Waals surface area contributed by atoms with Gasteiger partial charge >= 0.3 is 0 Å². The van der Waals surface area contributed by atoms with E-state index in [9.17, 15) is 14.0 Å². The summed E-state index contributed by atoms with van der Waals surface area (Å²) >= 11 is 1.67. The molecule has 34 heavy (non-hydrogen) atoms. The molecule has 0 radical (unpaired) electrons. The van der Waals surface area contributed by atoms with Gasteiger partial charge in [0.05, 0.1) is 0 Å². The highest BCUT2D eigenvalue weighted by Gasteiger charge is 2.41. The highest BCUT2D eigenvalue weighted by atomic mass is 32.1. The minimum absolute atomic E-state index is 0.0567. The third-order valence-electron chi connectivity index (χ3n) is 6.51. The molecule has 5 rings (SSSR count). The predicted octanol–water partition coefficient (Wildman–Crippen LogP) is 6.20. The van der Waals surface area contributed by atoms with Gasteiger partial charge in [0.25, 0.3) is 5.91 Å². The molecule has 1 aliphatic heterocycles. The molecule has 1 amide bonds. The smallest absolute Gasteiger partial charge is 0.254 e. The average molecular weight is 473 g/mol. The first kappa shape index (κ1) is 22.3. The maximum absolute atomic E-state index is 13.7. The fourth-order valence-corrected chi connectivity index (χ4v) is 5.75. The zero-order valence-corrected chi connectivity index (χ0v) is 19.8. The Hall–Kier alpha value is -3.51. The van der Waals surface area contributed by atoms with Crippen LogP contribution in [0.3, 0.4) is 0 Å². The highest BCUT2D eigenvalue weighted by molar-refractivity contribution is 7.10. The summed E-state index contributed by atoms with van der Waals surface area (Å²) in [6.07, 6.45) is 1.14. The number of carbonyl (C=O) groups excluding carboxylic acids is 2. The summed E-state index contributed by atoms with van der Waals surface area (Å²) in [5.74, 6) is -1.07. The molecule has 0 unspecified atom stereocenters. The van der Waals surface area contributed by atoms with E-state index in [0.29, 0.717) is 29.0 Å². The zero-order chi connectivity index (χ0) is 23.8. The number of thiophene rings is 1. The topological polar surface area (TPSA) is 58.2 Å². The third-order valence-corrected chi connectivity index (χ3v) is 7.55. The first-order valence-corrected chi connectivity index (χ1v) is 12.2. The molecule has 1 aromatic heterocycles. The number of hydrogen-bond acceptors (Lipinski definition) is 4. The number of aryl methyl sites for hydroxylation is 1. The van der Waals surface area contributed by atoms with Crippen LogP contribution in [0.25, 0.3) is 0 Å². The molecular formula is C28H25FN2O2S. The average Bonchev–Trinajstić information content (AvgIpc) is 3.33. The molecule has 0 bridgehead atoms. The van der Waals surface area contributed by atoms with E-state index in [0.717, 1.165) is 23.2 Å². The van der Waals surface area contributed by atoms with Crippen LogP contribution in [0.4, 0.5) is 10.1 Å². The summed E-state index contributed by atoms with van der Waals surface area (Å²) in [5.41, 5.74) is 5.11. The van der Waals surface area contributed by atoms with Crippen LogP contribution in [0.2, 0.25) is 0 Å². The Kier molecular flexibility index (Phi) is 5.92. The Morgan fingerprint density at radius 3 is 2.56 bits per heavy atom. The largest absolute Gasteiger partial charge is 0.362 e. The number of allylic oxidation sites excluding steroid dienone is 3. The molecule has 2 heterocycles. The van der Waals surface area contributed by atoms with Gasteiger partial charge in [0, 0.05) is 51.4 Å². The molecular weight excluding hydrogens is 447 g/mol. The fraction of sp³-hybridized carbons (Fsp3) is 0.214. The van der Waals surface area contributed by atoms with Crippen LogP contribution < -0.4 is 10.6 Å². The van der Waals surface area contributed by atoms with Crippen LogP contribution in [0.15, 0.2) is 88.6 Å². The van der Waals surface area contributed by atoms with Crippen LogP contribution in [-0.2, 0) is 9.59 Å². The van der Waals surface area contributed by atoms with Crippen molar-refractivity contribution in [3.63, 3.8) is 0 Å². The van der Waals surface area contributed by atoms with E-state index < -0.39 is 11.7 Å². The van der Waals surface area contributed by atoms with Crippen molar-refractivity contribution in [3.8, 4) is 0 Å². The molecule has 2 atom stereocenters. The lowest BCUT2D eigenvalue weighted by Gasteiger charge is -2.36. The molecule has 2 N–H and O–H groups in total. The van der Waals surface area contributed by atoms with Gasteiger partial charge < -0.3 is 10.6 Å². The van der Waals surface area contributed by atoms with E-state index in [2.05, 4.69) is 16.7 Å². The molecule has 3 aromatic rings. The van der Waals surface area contributed by atoms with Crippen molar-refractivity contribution >= 4 is 28.7 Å². The summed E-state index contributed by atoms with van der Waals surface area (Å²) in [5, 5.41) is 8.25. The van der Waals surface area contributed by atoms with Crippen molar-refractivity contribution in [1.82, 2.24) is 5.32 Å². The van der Waals surface area contributed by atoms with Crippen molar-refractivity contribution in [2.75, 3.05) is 5.32 Å². The van der Waals surface area contributed by atoms with E-state index >= 15 is 0 Å². The Bertz CT molecular complexity index is 1320. The number of rotatable bonds is 4. The minimum atomic E-state index is -0.484. The Morgan fingerprint density at radius 2 is 1.85 bits per heavy atom. The molecule has 0 spiro atoms. The Morgan fingerprint density at radius 1 is 1.06 bits per heavy atom. The Labute approximate surface area is 202 Å². The number of halogens is 1. The SMILES string of the molecule is CC1=C(C(=O)Nc2cccc(F)c2)[C@H](c2ccc(C)cc2)C2=C(C[C@H](c3cccs3)CC2=O)N1. The summed E-state index contributed by atoms with van der Waals surface area (Å²) in [6, 6.07) is 17.9. The first-order chi connectivity index (χ1) is 16.4. The number of amides is 1.